The molecular weight excluding hydrogens is 288 g/mol. The highest BCUT2D eigenvalue weighted by molar-refractivity contribution is 8.22. The van der Waals surface area contributed by atoms with Gasteiger partial charge < -0.3 is 10.0 Å². The number of aromatic nitrogens is 1. The van der Waals surface area contributed by atoms with E-state index in [0.717, 1.165) is 34.1 Å². The lowest BCUT2D eigenvalue weighted by Gasteiger charge is -2.21. The summed E-state index contributed by atoms with van der Waals surface area (Å²) in [6.07, 6.45) is 1.69. The molecule has 3 nitrogen and oxygen atoms in total. The Morgan fingerprint density at radius 2 is 2.05 bits per heavy atom. The van der Waals surface area contributed by atoms with Crippen LogP contribution in [0.15, 0.2) is 30.5 Å². The highest BCUT2D eigenvalue weighted by atomic mass is 32.2. The highest BCUT2D eigenvalue weighted by Crippen LogP contribution is 2.28. The maximum atomic E-state index is 9.83. The zero-order chi connectivity index (χ0) is 14.5. The number of phenols is 1. The SMILES string of the molecule is CCN(CC)C(=S)SCc1ccc(O)c2ncccc12. The minimum absolute atomic E-state index is 0.223. The van der Waals surface area contributed by atoms with Gasteiger partial charge in [0.15, 0.2) is 0 Å². The van der Waals surface area contributed by atoms with E-state index in [0.29, 0.717) is 5.52 Å². The van der Waals surface area contributed by atoms with Gasteiger partial charge in [-0.2, -0.15) is 0 Å². The number of thioether (sulfide) groups is 1. The van der Waals surface area contributed by atoms with E-state index >= 15 is 0 Å². The average molecular weight is 306 g/mol. The fourth-order valence-corrected chi connectivity index (χ4v) is 3.46. The average Bonchev–Trinajstić information content (AvgIpc) is 2.48. The van der Waals surface area contributed by atoms with Crippen molar-refractivity contribution in [1.82, 2.24) is 9.88 Å². The van der Waals surface area contributed by atoms with Crippen LogP contribution in [0.1, 0.15) is 19.4 Å². The lowest BCUT2D eigenvalue weighted by molar-refractivity contribution is 0.480. The third-order valence-corrected chi connectivity index (χ3v) is 4.78. The normalized spacial score (nSPS) is 10.7. The van der Waals surface area contributed by atoms with Crippen molar-refractivity contribution in [3.05, 3.63) is 36.0 Å². The van der Waals surface area contributed by atoms with E-state index < -0.39 is 0 Å². The number of hydrogen-bond donors (Lipinski definition) is 1. The second-order valence-corrected chi connectivity index (χ2v) is 5.98. The summed E-state index contributed by atoms with van der Waals surface area (Å²) in [6.45, 7) is 6.08. The monoisotopic (exact) mass is 306 g/mol. The molecule has 1 aromatic carbocycles. The van der Waals surface area contributed by atoms with E-state index in [1.807, 2.05) is 18.2 Å². The number of nitrogens with zero attached hydrogens (tertiary/aromatic N) is 2. The Morgan fingerprint density at radius 1 is 1.30 bits per heavy atom. The van der Waals surface area contributed by atoms with Crippen molar-refractivity contribution >= 4 is 39.2 Å². The maximum absolute atomic E-state index is 9.83. The molecule has 106 valence electrons. The van der Waals surface area contributed by atoms with Crippen LogP contribution in [0.25, 0.3) is 10.9 Å². The topological polar surface area (TPSA) is 36.4 Å². The van der Waals surface area contributed by atoms with E-state index in [4.69, 9.17) is 12.2 Å². The second-order valence-electron chi connectivity index (χ2n) is 4.37. The van der Waals surface area contributed by atoms with Crippen LogP contribution in [0.5, 0.6) is 5.75 Å². The minimum atomic E-state index is 0.223. The van der Waals surface area contributed by atoms with Gasteiger partial charge in [0.1, 0.15) is 15.6 Å². The second kappa shape index (κ2) is 6.90. The number of fused-ring (bicyclic) bond motifs is 1. The lowest BCUT2D eigenvalue weighted by Crippen LogP contribution is -2.26. The van der Waals surface area contributed by atoms with Crippen LogP contribution < -0.4 is 0 Å². The molecule has 5 heteroatoms. The van der Waals surface area contributed by atoms with Gasteiger partial charge in [-0.3, -0.25) is 4.98 Å². The summed E-state index contributed by atoms with van der Waals surface area (Å²) in [7, 11) is 0. The molecule has 0 aliphatic rings. The van der Waals surface area contributed by atoms with Gasteiger partial charge in [-0.15, -0.1) is 0 Å². The molecule has 0 aliphatic carbocycles. The number of thiocarbonyl (C=S) groups is 1. The highest BCUT2D eigenvalue weighted by Gasteiger charge is 2.09. The van der Waals surface area contributed by atoms with Crippen LogP contribution in [-0.4, -0.2) is 32.4 Å². The van der Waals surface area contributed by atoms with Crippen molar-refractivity contribution in [2.45, 2.75) is 19.6 Å². The molecule has 0 fully saturated rings. The Kier molecular flexibility index (Phi) is 5.20. The van der Waals surface area contributed by atoms with Crippen LogP contribution >= 0.6 is 24.0 Å². The molecule has 1 heterocycles. The molecule has 1 N–H and O–H groups in total. The quantitative estimate of drug-likeness (QED) is 0.870. The third kappa shape index (κ3) is 3.22. The number of pyridine rings is 1. The number of aromatic hydroxyl groups is 1. The van der Waals surface area contributed by atoms with Crippen LogP contribution in [0.2, 0.25) is 0 Å². The number of benzene rings is 1. The smallest absolute Gasteiger partial charge is 0.141 e. The molecular formula is C15H18N2OS2. The number of phenolic OH excluding ortho intramolecular Hbond substituents is 1. The standard InChI is InChI=1S/C15H18N2OS2/c1-3-17(4-2)15(19)20-10-11-7-8-13(18)14-12(11)6-5-9-16-14/h5-9,18H,3-4,10H2,1-2H3. The fourth-order valence-electron chi connectivity index (χ4n) is 2.06. The van der Waals surface area contributed by atoms with Gasteiger partial charge in [0.25, 0.3) is 0 Å². The van der Waals surface area contributed by atoms with Crippen LogP contribution in [0, 0.1) is 0 Å². The molecule has 0 radical (unpaired) electrons. The van der Waals surface area contributed by atoms with Gasteiger partial charge >= 0.3 is 0 Å². The van der Waals surface area contributed by atoms with Gasteiger partial charge in [-0.25, -0.2) is 0 Å². The molecule has 2 aromatic rings. The van der Waals surface area contributed by atoms with Crippen molar-refractivity contribution in [3.8, 4) is 5.75 Å². The Hall–Kier alpha value is -1.33. The largest absolute Gasteiger partial charge is 0.506 e. The Bertz CT molecular complexity index is 612. The van der Waals surface area contributed by atoms with Crippen molar-refractivity contribution in [1.29, 1.82) is 0 Å². The summed E-state index contributed by atoms with van der Waals surface area (Å²) in [5.41, 5.74) is 1.80. The van der Waals surface area contributed by atoms with Crippen molar-refractivity contribution in [2.24, 2.45) is 0 Å². The van der Waals surface area contributed by atoms with E-state index in [9.17, 15) is 5.11 Å². The van der Waals surface area contributed by atoms with Crippen LogP contribution in [-0.2, 0) is 5.75 Å². The van der Waals surface area contributed by atoms with Crippen molar-refractivity contribution < 1.29 is 5.11 Å². The first-order valence-corrected chi connectivity index (χ1v) is 8.04. The molecule has 0 aliphatic heterocycles. The first-order valence-electron chi connectivity index (χ1n) is 6.64. The molecule has 0 saturated heterocycles. The summed E-state index contributed by atoms with van der Waals surface area (Å²) < 4.78 is 0.917. The molecule has 1 aromatic heterocycles. The Labute approximate surface area is 129 Å². The van der Waals surface area contributed by atoms with E-state index in [2.05, 4.69) is 23.7 Å². The first-order chi connectivity index (χ1) is 9.67. The maximum Gasteiger partial charge on any atom is 0.141 e. The Balaban J connectivity index is 2.19. The van der Waals surface area contributed by atoms with Crippen LogP contribution in [0.4, 0.5) is 0 Å². The summed E-state index contributed by atoms with van der Waals surface area (Å²) in [5.74, 6) is 1.01. The molecule has 0 spiro atoms. The van der Waals surface area contributed by atoms with Gasteiger partial charge in [0.05, 0.1) is 0 Å². The number of hydrogen-bond acceptors (Lipinski definition) is 4. The predicted molar refractivity (Wildman–Crippen MR) is 90.2 cm³/mol. The fraction of sp³-hybridized carbons (Fsp3) is 0.333. The molecule has 0 saturated carbocycles. The van der Waals surface area contributed by atoms with E-state index in [-0.39, 0.29) is 5.75 Å². The molecule has 0 unspecified atom stereocenters. The summed E-state index contributed by atoms with van der Waals surface area (Å²) in [5, 5.41) is 10.8. The van der Waals surface area contributed by atoms with Crippen molar-refractivity contribution in [3.63, 3.8) is 0 Å². The zero-order valence-corrected chi connectivity index (χ0v) is 13.3. The van der Waals surface area contributed by atoms with Gasteiger partial charge in [0.2, 0.25) is 0 Å². The molecule has 0 bridgehead atoms. The molecule has 0 amide bonds. The number of rotatable bonds is 4. The van der Waals surface area contributed by atoms with Gasteiger partial charge in [-0.1, -0.05) is 36.1 Å². The first kappa shape index (κ1) is 15.1. The molecule has 2 rings (SSSR count). The van der Waals surface area contributed by atoms with E-state index in [1.165, 1.54) is 0 Å². The minimum Gasteiger partial charge on any atom is -0.506 e. The van der Waals surface area contributed by atoms with Gasteiger partial charge in [-0.05, 0) is 31.5 Å². The van der Waals surface area contributed by atoms with E-state index in [1.54, 1.807) is 24.0 Å². The summed E-state index contributed by atoms with van der Waals surface area (Å²) in [4.78, 5) is 6.40. The third-order valence-electron chi connectivity index (χ3n) is 3.21. The van der Waals surface area contributed by atoms with Crippen molar-refractivity contribution in [2.75, 3.05) is 13.1 Å². The zero-order valence-electron chi connectivity index (χ0n) is 11.7. The molecule has 20 heavy (non-hydrogen) atoms. The van der Waals surface area contributed by atoms with Gasteiger partial charge in [0, 0.05) is 30.4 Å². The Morgan fingerprint density at radius 3 is 2.75 bits per heavy atom. The molecule has 0 atom stereocenters. The predicted octanol–water partition coefficient (Wildman–Crippen LogP) is 3.80. The summed E-state index contributed by atoms with van der Waals surface area (Å²) >= 11 is 7.10. The lowest BCUT2D eigenvalue weighted by atomic mass is 10.1. The van der Waals surface area contributed by atoms with Crippen LogP contribution in [0.3, 0.4) is 0 Å². The summed E-state index contributed by atoms with van der Waals surface area (Å²) in [6, 6.07) is 7.51.